The van der Waals surface area contributed by atoms with Crippen LogP contribution in [0.5, 0.6) is 5.75 Å². The molecule has 0 bridgehead atoms. The molecular formula is C24H26N2O4. The average molecular weight is 406 g/mol. The van der Waals surface area contributed by atoms with E-state index in [1.54, 1.807) is 36.3 Å². The monoisotopic (exact) mass is 406 g/mol. The molecule has 1 saturated heterocycles. The number of H-pyrrole nitrogens is 1. The van der Waals surface area contributed by atoms with E-state index in [-0.39, 0.29) is 24.1 Å². The Kier molecular flexibility index (Phi) is 5.86. The molecule has 1 aliphatic rings. The normalized spacial score (nSPS) is 16.0. The fourth-order valence-electron chi connectivity index (χ4n) is 3.94. The van der Waals surface area contributed by atoms with E-state index < -0.39 is 0 Å². The number of aromatic amines is 1. The van der Waals surface area contributed by atoms with Crippen LogP contribution in [0.25, 0.3) is 10.9 Å². The first kappa shape index (κ1) is 20.2. The van der Waals surface area contributed by atoms with E-state index in [0.717, 1.165) is 29.3 Å². The minimum absolute atomic E-state index is 0.0126. The third-order valence-corrected chi connectivity index (χ3v) is 5.58. The Morgan fingerprint density at radius 3 is 2.83 bits per heavy atom. The van der Waals surface area contributed by atoms with Crippen LogP contribution in [0.1, 0.15) is 34.3 Å². The molecular weight excluding hydrogens is 380 g/mol. The number of benzene rings is 2. The molecule has 1 aliphatic heterocycles. The Morgan fingerprint density at radius 2 is 2.07 bits per heavy atom. The zero-order valence-electron chi connectivity index (χ0n) is 17.3. The highest BCUT2D eigenvalue weighted by Crippen LogP contribution is 2.20. The van der Waals surface area contributed by atoms with Crippen molar-refractivity contribution in [1.82, 2.24) is 9.88 Å². The first-order valence-electron chi connectivity index (χ1n) is 10.2. The van der Waals surface area contributed by atoms with Gasteiger partial charge in [0.05, 0.1) is 25.3 Å². The van der Waals surface area contributed by atoms with Crippen LogP contribution in [0.3, 0.4) is 0 Å². The van der Waals surface area contributed by atoms with Gasteiger partial charge in [-0.05, 0) is 55.0 Å². The quantitative estimate of drug-likeness (QED) is 0.678. The van der Waals surface area contributed by atoms with E-state index in [9.17, 15) is 9.59 Å². The Morgan fingerprint density at radius 1 is 1.23 bits per heavy atom. The summed E-state index contributed by atoms with van der Waals surface area (Å²) in [6.07, 6.45) is 1.89. The van der Waals surface area contributed by atoms with E-state index in [4.69, 9.17) is 9.47 Å². The molecule has 2 aromatic carbocycles. The molecule has 3 aromatic rings. The van der Waals surface area contributed by atoms with Gasteiger partial charge in [-0.1, -0.05) is 24.3 Å². The summed E-state index contributed by atoms with van der Waals surface area (Å²) in [6, 6.07) is 14.9. The number of rotatable bonds is 6. The molecule has 4 rings (SSSR count). The van der Waals surface area contributed by atoms with E-state index >= 15 is 0 Å². The van der Waals surface area contributed by atoms with Crippen LogP contribution < -0.4 is 10.3 Å². The number of carbonyl (C=O) groups is 1. The largest absolute Gasteiger partial charge is 0.497 e. The van der Waals surface area contributed by atoms with Gasteiger partial charge in [0.1, 0.15) is 5.75 Å². The maximum Gasteiger partial charge on any atom is 0.254 e. The second-order valence-corrected chi connectivity index (χ2v) is 7.72. The molecule has 156 valence electrons. The Labute approximate surface area is 175 Å². The molecule has 1 aromatic heterocycles. The number of nitrogens with zero attached hydrogens (tertiary/aromatic N) is 1. The van der Waals surface area contributed by atoms with Crippen molar-refractivity contribution in [3.63, 3.8) is 0 Å². The van der Waals surface area contributed by atoms with Crippen molar-refractivity contribution in [1.29, 1.82) is 0 Å². The fraction of sp³-hybridized carbons (Fsp3) is 0.333. The van der Waals surface area contributed by atoms with Gasteiger partial charge in [-0.15, -0.1) is 0 Å². The highest BCUT2D eigenvalue weighted by Gasteiger charge is 2.25. The van der Waals surface area contributed by atoms with Crippen molar-refractivity contribution in [3.05, 3.63) is 75.6 Å². The molecule has 1 fully saturated rings. The van der Waals surface area contributed by atoms with Gasteiger partial charge in [0.25, 0.3) is 11.5 Å². The second kappa shape index (κ2) is 8.71. The summed E-state index contributed by atoms with van der Waals surface area (Å²) >= 11 is 0. The SMILES string of the molecule is COc1cccc(C(=O)N(Cc2cc3cccc(C)c3[nH]c2=O)CC2CCCO2)c1. The molecule has 6 heteroatoms. The van der Waals surface area contributed by atoms with E-state index in [2.05, 4.69) is 4.98 Å². The Balaban J connectivity index is 1.67. The van der Waals surface area contributed by atoms with Crippen molar-refractivity contribution in [2.45, 2.75) is 32.4 Å². The minimum Gasteiger partial charge on any atom is -0.497 e. The van der Waals surface area contributed by atoms with Gasteiger partial charge in [0.2, 0.25) is 0 Å². The number of hydrogen-bond acceptors (Lipinski definition) is 4. The average Bonchev–Trinajstić information content (AvgIpc) is 3.27. The number of hydrogen-bond donors (Lipinski definition) is 1. The maximum absolute atomic E-state index is 13.3. The minimum atomic E-state index is -0.174. The van der Waals surface area contributed by atoms with E-state index in [1.165, 1.54) is 0 Å². The lowest BCUT2D eigenvalue weighted by atomic mass is 10.1. The molecule has 2 heterocycles. The lowest BCUT2D eigenvalue weighted by molar-refractivity contribution is 0.0506. The van der Waals surface area contributed by atoms with Crippen molar-refractivity contribution >= 4 is 16.8 Å². The summed E-state index contributed by atoms with van der Waals surface area (Å²) in [5, 5.41) is 0.954. The summed E-state index contributed by atoms with van der Waals surface area (Å²) in [5.41, 5.74) is 2.76. The molecule has 6 nitrogen and oxygen atoms in total. The third kappa shape index (κ3) is 4.24. The Bertz CT molecular complexity index is 1120. The highest BCUT2D eigenvalue weighted by molar-refractivity contribution is 5.94. The van der Waals surface area contributed by atoms with Crippen LogP contribution in [-0.2, 0) is 11.3 Å². The number of fused-ring (bicyclic) bond motifs is 1. The third-order valence-electron chi connectivity index (χ3n) is 5.58. The number of carbonyl (C=O) groups excluding carboxylic acids is 1. The van der Waals surface area contributed by atoms with Crippen molar-refractivity contribution in [3.8, 4) is 5.75 Å². The summed E-state index contributed by atoms with van der Waals surface area (Å²) < 4.78 is 11.0. The number of para-hydroxylation sites is 1. The standard InChI is InChI=1S/C24H26N2O4/c1-16-6-3-7-17-12-19(23(27)25-22(16)17)14-26(15-21-10-5-11-30-21)24(28)18-8-4-9-20(13-18)29-2/h3-4,6-9,12-13,21H,5,10-11,14-15H2,1-2H3,(H,25,27). The smallest absolute Gasteiger partial charge is 0.254 e. The number of amides is 1. The fourth-order valence-corrected chi connectivity index (χ4v) is 3.94. The van der Waals surface area contributed by atoms with Gasteiger partial charge < -0.3 is 19.4 Å². The first-order valence-corrected chi connectivity index (χ1v) is 10.2. The number of aryl methyl sites for hydroxylation is 1. The van der Waals surface area contributed by atoms with Crippen molar-refractivity contribution in [2.24, 2.45) is 0 Å². The predicted octanol–water partition coefficient (Wildman–Crippen LogP) is 3.67. The first-order chi connectivity index (χ1) is 14.5. The van der Waals surface area contributed by atoms with Crippen molar-refractivity contribution in [2.75, 3.05) is 20.3 Å². The molecule has 30 heavy (non-hydrogen) atoms. The van der Waals surface area contributed by atoms with Crippen molar-refractivity contribution < 1.29 is 14.3 Å². The number of ether oxygens (including phenoxy) is 2. The van der Waals surface area contributed by atoms with Crippen LogP contribution in [-0.4, -0.2) is 42.2 Å². The van der Waals surface area contributed by atoms with Gasteiger partial charge in [-0.3, -0.25) is 9.59 Å². The topological polar surface area (TPSA) is 71.6 Å². The van der Waals surface area contributed by atoms with Crippen LogP contribution >= 0.6 is 0 Å². The van der Waals surface area contributed by atoms with Crippen LogP contribution in [0.4, 0.5) is 0 Å². The number of pyridine rings is 1. The van der Waals surface area contributed by atoms with E-state index in [1.807, 2.05) is 31.2 Å². The Hall–Kier alpha value is -3.12. The molecule has 1 amide bonds. The number of methoxy groups -OCH3 is 1. The van der Waals surface area contributed by atoms with Crippen LogP contribution in [0, 0.1) is 6.92 Å². The molecule has 1 atom stereocenters. The summed E-state index contributed by atoms with van der Waals surface area (Å²) in [7, 11) is 1.57. The maximum atomic E-state index is 13.3. The van der Waals surface area contributed by atoms with Crippen LogP contribution in [0.2, 0.25) is 0 Å². The lowest BCUT2D eigenvalue weighted by Crippen LogP contribution is -2.38. The molecule has 0 spiro atoms. The number of nitrogens with one attached hydrogen (secondary N) is 1. The van der Waals surface area contributed by atoms with Gasteiger partial charge in [-0.2, -0.15) is 0 Å². The molecule has 0 radical (unpaired) electrons. The predicted molar refractivity (Wildman–Crippen MR) is 116 cm³/mol. The molecule has 0 aliphatic carbocycles. The lowest BCUT2D eigenvalue weighted by Gasteiger charge is -2.26. The molecule has 0 saturated carbocycles. The van der Waals surface area contributed by atoms with Gasteiger partial charge in [0, 0.05) is 24.3 Å². The molecule has 1 unspecified atom stereocenters. The summed E-state index contributed by atoms with van der Waals surface area (Å²) in [4.78, 5) is 30.8. The second-order valence-electron chi connectivity index (χ2n) is 7.72. The zero-order chi connectivity index (χ0) is 21.1. The highest BCUT2D eigenvalue weighted by atomic mass is 16.5. The van der Waals surface area contributed by atoms with Gasteiger partial charge in [-0.25, -0.2) is 0 Å². The van der Waals surface area contributed by atoms with E-state index in [0.29, 0.717) is 30.0 Å². The van der Waals surface area contributed by atoms with Gasteiger partial charge in [0.15, 0.2) is 0 Å². The molecule has 1 N–H and O–H groups in total. The van der Waals surface area contributed by atoms with Gasteiger partial charge >= 0.3 is 0 Å². The summed E-state index contributed by atoms with van der Waals surface area (Å²) in [5.74, 6) is 0.477. The van der Waals surface area contributed by atoms with Crippen LogP contribution in [0.15, 0.2) is 53.3 Å². The summed E-state index contributed by atoms with van der Waals surface area (Å²) in [6.45, 7) is 3.34. The zero-order valence-corrected chi connectivity index (χ0v) is 17.3. The number of aromatic nitrogens is 1.